The fourth-order valence-electron chi connectivity index (χ4n) is 0.327. The molecule has 0 aromatic rings. The third-order valence-corrected chi connectivity index (χ3v) is 1.55. The molecule has 0 unspecified atom stereocenters. The van der Waals surface area contributed by atoms with Crippen molar-refractivity contribution in [3.63, 3.8) is 0 Å². The van der Waals surface area contributed by atoms with Crippen molar-refractivity contribution < 1.29 is 0 Å². The first-order valence-electron chi connectivity index (χ1n) is 2.73. The summed E-state index contributed by atoms with van der Waals surface area (Å²) in [4.78, 5) is 0. The van der Waals surface area contributed by atoms with Crippen molar-refractivity contribution in [1.82, 2.24) is 0 Å². The quantitative estimate of drug-likeness (QED) is 0.398. The Bertz CT molecular complexity index is 136. The van der Waals surface area contributed by atoms with Gasteiger partial charge in [0.05, 0.1) is 0 Å². The van der Waals surface area contributed by atoms with Crippen LogP contribution in [0.3, 0.4) is 0 Å². The summed E-state index contributed by atoms with van der Waals surface area (Å²) < 4.78 is 0. The van der Waals surface area contributed by atoms with Crippen molar-refractivity contribution in [3.8, 4) is 0 Å². The number of hydrogen-bond acceptors (Lipinski definition) is 0. The van der Waals surface area contributed by atoms with Crippen molar-refractivity contribution in [2.45, 2.75) is 6.92 Å². The SMILES string of the molecule is C=C([B]I)/C=C\C=C/C. The highest BCUT2D eigenvalue weighted by Gasteiger charge is 1.81. The van der Waals surface area contributed by atoms with Gasteiger partial charge in [-0.3, -0.25) is 0 Å². The molecule has 0 rings (SSSR count). The second-order valence-electron chi connectivity index (χ2n) is 1.57. The van der Waals surface area contributed by atoms with Crippen LogP contribution in [0.1, 0.15) is 6.92 Å². The van der Waals surface area contributed by atoms with Crippen molar-refractivity contribution in [3.05, 3.63) is 36.4 Å². The Morgan fingerprint density at radius 2 is 2.22 bits per heavy atom. The fraction of sp³-hybridized carbons (Fsp3) is 0.143. The molecule has 0 aliphatic heterocycles. The van der Waals surface area contributed by atoms with Crippen LogP contribution >= 0.6 is 22.4 Å². The Morgan fingerprint density at radius 1 is 1.56 bits per heavy atom. The maximum absolute atomic E-state index is 3.76. The molecule has 1 radical (unpaired) electrons. The van der Waals surface area contributed by atoms with E-state index in [9.17, 15) is 0 Å². The van der Waals surface area contributed by atoms with Gasteiger partial charge in [0, 0.05) is 0 Å². The molecular weight excluding hydrogens is 222 g/mol. The van der Waals surface area contributed by atoms with Gasteiger partial charge in [-0.15, -0.1) is 6.58 Å². The van der Waals surface area contributed by atoms with E-state index in [-0.39, 0.29) is 0 Å². The zero-order valence-electron chi connectivity index (χ0n) is 5.47. The van der Waals surface area contributed by atoms with Crippen molar-refractivity contribution in [1.29, 1.82) is 0 Å². The maximum atomic E-state index is 3.76. The van der Waals surface area contributed by atoms with Crippen molar-refractivity contribution in [2.75, 3.05) is 0 Å². The molecule has 0 nitrogen and oxygen atoms in total. The Hall–Kier alpha value is 0.0149. The highest BCUT2D eigenvalue weighted by atomic mass is 127. The van der Waals surface area contributed by atoms with E-state index in [1.807, 2.05) is 36.4 Å². The summed E-state index contributed by atoms with van der Waals surface area (Å²) in [5.41, 5.74) is 1.04. The first-order chi connectivity index (χ1) is 4.31. The molecule has 0 aliphatic rings. The number of allylic oxidation sites excluding steroid dienone is 5. The lowest BCUT2D eigenvalue weighted by atomic mass is 9.97. The second-order valence-corrected chi connectivity index (χ2v) is 2.19. The number of hydrogen-bond donors (Lipinski definition) is 0. The van der Waals surface area contributed by atoms with E-state index in [0.29, 0.717) is 0 Å². The molecule has 47 valence electrons. The second kappa shape index (κ2) is 6.14. The molecule has 0 bridgehead atoms. The standard InChI is InChI=1S/C7H9BI/c1-3-4-5-6-7(2)8-9/h3-6H,2H2,1H3/b4-3-,6-5-. The van der Waals surface area contributed by atoms with Crippen LogP contribution in [0.5, 0.6) is 0 Å². The molecule has 0 heterocycles. The van der Waals surface area contributed by atoms with E-state index in [0.717, 1.165) is 5.47 Å². The Kier molecular flexibility index (Phi) is 6.15. The van der Waals surface area contributed by atoms with Gasteiger partial charge in [-0.2, -0.15) is 22.4 Å². The highest BCUT2D eigenvalue weighted by molar-refractivity contribution is 14.1. The molecule has 0 saturated carbocycles. The minimum atomic E-state index is 1.04. The van der Waals surface area contributed by atoms with E-state index < -0.39 is 0 Å². The maximum Gasteiger partial charge on any atom is 0.237 e. The zero-order chi connectivity index (χ0) is 7.11. The summed E-state index contributed by atoms with van der Waals surface area (Å²) in [5.74, 6) is 0. The lowest BCUT2D eigenvalue weighted by Crippen LogP contribution is -1.76. The molecule has 9 heavy (non-hydrogen) atoms. The van der Waals surface area contributed by atoms with Gasteiger partial charge in [0.1, 0.15) is 0 Å². The van der Waals surface area contributed by atoms with Gasteiger partial charge in [-0.1, -0.05) is 29.8 Å². The first kappa shape index (κ1) is 9.01. The third-order valence-electron chi connectivity index (χ3n) is 0.754. The van der Waals surface area contributed by atoms with Crippen LogP contribution in [0.2, 0.25) is 0 Å². The molecule has 0 aromatic heterocycles. The van der Waals surface area contributed by atoms with E-state index in [1.165, 1.54) is 0 Å². The smallest absolute Gasteiger partial charge is 0.151 e. The van der Waals surface area contributed by atoms with Crippen LogP contribution < -0.4 is 0 Å². The minimum Gasteiger partial charge on any atom is -0.151 e. The van der Waals surface area contributed by atoms with Crippen LogP contribution in [0.15, 0.2) is 36.4 Å². The molecule has 0 aromatic carbocycles. The summed E-state index contributed by atoms with van der Waals surface area (Å²) in [6.07, 6.45) is 7.90. The lowest BCUT2D eigenvalue weighted by Gasteiger charge is -1.83. The summed E-state index contributed by atoms with van der Waals surface area (Å²) in [5, 5.41) is 1.94. The summed E-state index contributed by atoms with van der Waals surface area (Å²) in [6.45, 7) is 5.75. The van der Waals surface area contributed by atoms with E-state index in [4.69, 9.17) is 0 Å². The lowest BCUT2D eigenvalue weighted by molar-refractivity contribution is 1.73. The minimum absolute atomic E-state index is 1.04. The first-order valence-corrected chi connectivity index (χ1v) is 3.97. The molecule has 0 spiro atoms. The predicted octanol–water partition coefficient (Wildman–Crippen LogP) is 2.69. The van der Waals surface area contributed by atoms with Gasteiger partial charge in [0.25, 0.3) is 0 Å². The third kappa shape index (κ3) is 5.89. The Balaban J connectivity index is 3.57. The summed E-state index contributed by atoms with van der Waals surface area (Å²) in [6, 6.07) is 0. The molecule has 0 atom stereocenters. The largest absolute Gasteiger partial charge is 0.237 e. The van der Waals surface area contributed by atoms with Gasteiger partial charge >= 0.3 is 0 Å². The molecule has 2 heteroatoms. The van der Waals surface area contributed by atoms with Crippen LogP contribution in [-0.4, -0.2) is 5.14 Å². The summed E-state index contributed by atoms with van der Waals surface area (Å²) >= 11 is 2.17. The molecule has 0 aliphatic carbocycles. The Labute approximate surface area is 70.8 Å². The van der Waals surface area contributed by atoms with E-state index in [2.05, 4.69) is 29.0 Å². The van der Waals surface area contributed by atoms with Gasteiger partial charge in [-0.05, 0) is 6.92 Å². The van der Waals surface area contributed by atoms with E-state index >= 15 is 0 Å². The average Bonchev–Trinajstić information content (AvgIpc) is 1.89. The summed E-state index contributed by atoms with van der Waals surface area (Å²) in [7, 11) is 0. The van der Waals surface area contributed by atoms with E-state index in [1.54, 1.807) is 0 Å². The van der Waals surface area contributed by atoms with Crippen molar-refractivity contribution in [2.24, 2.45) is 0 Å². The van der Waals surface area contributed by atoms with Crippen molar-refractivity contribution >= 4 is 27.5 Å². The van der Waals surface area contributed by atoms with Crippen LogP contribution in [-0.2, 0) is 0 Å². The number of halogens is 1. The topological polar surface area (TPSA) is 0 Å². The van der Waals surface area contributed by atoms with Crippen LogP contribution in [0.25, 0.3) is 0 Å². The fourth-order valence-corrected chi connectivity index (χ4v) is 0.534. The Morgan fingerprint density at radius 3 is 2.67 bits per heavy atom. The molecule has 0 amide bonds. The number of rotatable bonds is 3. The van der Waals surface area contributed by atoms with Gasteiger partial charge in [0.2, 0.25) is 5.14 Å². The average molecular weight is 231 g/mol. The predicted molar refractivity (Wildman–Crippen MR) is 52.9 cm³/mol. The highest BCUT2D eigenvalue weighted by Crippen LogP contribution is 1.94. The monoisotopic (exact) mass is 231 g/mol. The molecular formula is C7H9BI. The van der Waals surface area contributed by atoms with Gasteiger partial charge in [-0.25, -0.2) is 0 Å². The normalized spacial score (nSPS) is 10.9. The molecule has 0 fully saturated rings. The van der Waals surface area contributed by atoms with Gasteiger partial charge < -0.3 is 0 Å². The molecule has 0 saturated heterocycles. The zero-order valence-corrected chi connectivity index (χ0v) is 7.63. The molecule has 0 N–H and O–H groups in total. The van der Waals surface area contributed by atoms with Gasteiger partial charge in [0.15, 0.2) is 0 Å². The van der Waals surface area contributed by atoms with Crippen LogP contribution in [0.4, 0.5) is 0 Å². The van der Waals surface area contributed by atoms with Crippen LogP contribution in [0, 0.1) is 0 Å².